The Morgan fingerprint density at radius 1 is 1.75 bits per heavy atom. The Labute approximate surface area is 53.9 Å². The maximum atomic E-state index is 11.9. The summed E-state index contributed by atoms with van der Waals surface area (Å²) in [7, 11) is 0. The maximum Gasteiger partial charge on any atom is 0.242 e. The molecule has 0 atom stereocenters. The van der Waals surface area contributed by atoms with Gasteiger partial charge in [0.2, 0.25) is 5.95 Å². The lowest BCUT2D eigenvalue weighted by atomic mass is 10.7. The minimum atomic E-state index is -0.695. The molecule has 0 amide bonds. The van der Waals surface area contributed by atoms with E-state index in [0.717, 1.165) is 0 Å². The molecule has 8 heavy (non-hydrogen) atoms. The van der Waals surface area contributed by atoms with E-state index in [1.54, 1.807) is 0 Å². The quantitative estimate of drug-likeness (QED) is 0.592. The van der Waals surface area contributed by atoms with Gasteiger partial charge in [0.05, 0.1) is 6.20 Å². The lowest BCUT2D eigenvalue weighted by Crippen LogP contribution is -1.83. The molecule has 0 aliphatic rings. The third kappa shape index (κ3) is 1.23. The van der Waals surface area contributed by atoms with Crippen LogP contribution in [-0.2, 0) is 0 Å². The Bertz CT molecular complexity index is 174. The Morgan fingerprint density at radius 2 is 2.50 bits per heavy atom. The van der Waals surface area contributed by atoms with E-state index < -0.39 is 5.95 Å². The standard InChI is InChI=1S/C4HBrFN2/c5-3-1-7-2-4(6)8-3/h1H. The van der Waals surface area contributed by atoms with E-state index in [2.05, 4.69) is 25.9 Å². The highest BCUT2D eigenvalue weighted by Crippen LogP contribution is 2.00. The Balaban J connectivity index is 3.08. The van der Waals surface area contributed by atoms with E-state index in [1.807, 2.05) is 6.20 Å². The molecule has 0 saturated heterocycles. The van der Waals surface area contributed by atoms with Gasteiger partial charge in [-0.1, -0.05) is 0 Å². The molecule has 0 bridgehead atoms. The van der Waals surface area contributed by atoms with Crippen molar-refractivity contribution in [2.45, 2.75) is 0 Å². The molecule has 1 radical (unpaired) electrons. The van der Waals surface area contributed by atoms with Crippen molar-refractivity contribution in [1.82, 2.24) is 9.97 Å². The van der Waals surface area contributed by atoms with Crippen LogP contribution in [0.4, 0.5) is 4.39 Å². The summed E-state index contributed by atoms with van der Waals surface area (Å²) in [5, 5.41) is 0. The van der Waals surface area contributed by atoms with E-state index in [-0.39, 0.29) is 0 Å². The zero-order valence-corrected chi connectivity index (χ0v) is 5.31. The molecule has 41 valence electrons. The molecule has 1 heterocycles. The van der Waals surface area contributed by atoms with Crippen molar-refractivity contribution in [3.05, 3.63) is 22.9 Å². The summed E-state index contributed by atoms with van der Waals surface area (Å²) < 4.78 is 12.3. The first kappa shape index (κ1) is 5.62. The third-order valence-electron chi connectivity index (χ3n) is 0.533. The van der Waals surface area contributed by atoms with Gasteiger partial charge >= 0.3 is 0 Å². The molecule has 0 spiro atoms. The van der Waals surface area contributed by atoms with Crippen LogP contribution >= 0.6 is 15.9 Å². The second kappa shape index (κ2) is 2.17. The number of halogens is 2. The van der Waals surface area contributed by atoms with Gasteiger partial charge in [-0.3, -0.25) is 0 Å². The van der Waals surface area contributed by atoms with E-state index in [1.165, 1.54) is 6.20 Å². The first-order valence-electron chi connectivity index (χ1n) is 1.85. The number of hydrogen-bond donors (Lipinski definition) is 0. The second-order valence-electron chi connectivity index (χ2n) is 1.10. The van der Waals surface area contributed by atoms with Gasteiger partial charge in [0.1, 0.15) is 10.8 Å². The first-order chi connectivity index (χ1) is 3.79. The highest BCUT2D eigenvalue weighted by molar-refractivity contribution is 9.10. The van der Waals surface area contributed by atoms with E-state index in [4.69, 9.17) is 0 Å². The smallest absolute Gasteiger partial charge is 0.242 e. The predicted molar refractivity (Wildman–Crippen MR) is 28.5 cm³/mol. The van der Waals surface area contributed by atoms with Crippen LogP contribution < -0.4 is 0 Å². The summed E-state index contributed by atoms with van der Waals surface area (Å²) in [6.07, 6.45) is 3.38. The second-order valence-corrected chi connectivity index (χ2v) is 1.91. The third-order valence-corrected chi connectivity index (χ3v) is 0.915. The zero-order valence-electron chi connectivity index (χ0n) is 3.73. The van der Waals surface area contributed by atoms with Gasteiger partial charge in [-0.15, -0.1) is 0 Å². The largest absolute Gasteiger partial charge is 0.247 e. The average molecular weight is 176 g/mol. The SMILES string of the molecule is Fc1[c]ncc(Br)n1. The maximum absolute atomic E-state index is 11.9. The fraction of sp³-hybridized carbons (Fsp3) is 0. The molecule has 0 aliphatic heterocycles. The lowest BCUT2D eigenvalue weighted by molar-refractivity contribution is 0.570. The molecule has 1 aromatic rings. The van der Waals surface area contributed by atoms with Crippen molar-refractivity contribution >= 4 is 15.9 Å². The van der Waals surface area contributed by atoms with Crippen molar-refractivity contribution < 1.29 is 4.39 Å². The fourth-order valence-electron chi connectivity index (χ4n) is 0.286. The molecular weight excluding hydrogens is 175 g/mol. The monoisotopic (exact) mass is 175 g/mol. The molecule has 0 aromatic carbocycles. The number of aromatic nitrogens is 2. The Hall–Kier alpha value is -0.510. The fourth-order valence-corrected chi connectivity index (χ4v) is 0.545. The molecule has 4 heteroatoms. The Kier molecular flexibility index (Phi) is 1.53. The van der Waals surface area contributed by atoms with Crippen molar-refractivity contribution in [1.29, 1.82) is 0 Å². The van der Waals surface area contributed by atoms with E-state index in [0.29, 0.717) is 4.60 Å². The first-order valence-corrected chi connectivity index (χ1v) is 2.64. The summed E-state index contributed by atoms with van der Waals surface area (Å²) in [5.74, 6) is -0.695. The average Bonchev–Trinajstić information content (AvgIpc) is 1.64. The van der Waals surface area contributed by atoms with Crippen molar-refractivity contribution in [3.63, 3.8) is 0 Å². The van der Waals surface area contributed by atoms with Crippen LogP contribution in [0.25, 0.3) is 0 Å². The molecular formula is C4HBrFN2. The van der Waals surface area contributed by atoms with Gasteiger partial charge in [0, 0.05) is 0 Å². The topological polar surface area (TPSA) is 25.8 Å². The van der Waals surface area contributed by atoms with Gasteiger partial charge in [0.25, 0.3) is 0 Å². The molecule has 0 unspecified atom stereocenters. The van der Waals surface area contributed by atoms with E-state index >= 15 is 0 Å². The van der Waals surface area contributed by atoms with Crippen molar-refractivity contribution in [3.8, 4) is 0 Å². The molecule has 0 aliphatic carbocycles. The van der Waals surface area contributed by atoms with Gasteiger partial charge in [0.15, 0.2) is 0 Å². The van der Waals surface area contributed by atoms with Gasteiger partial charge in [-0.2, -0.15) is 4.39 Å². The van der Waals surface area contributed by atoms with Crippen LogP contribution in [0.3, 0.4) is 0 Å². The summed E-state index contributed by atoms with van der Waals surface area (Å²) in [5.41, 5.74) is 0. The summed E-state index contributed by atoms with van der Waals surface area (Å²) >= 11 is 2.93. The minimum Gasteiger partial charge on any atom is -0.247 e. The van der Waals surface area contributed by atoms with Crippen LogP contribution in [0.15, 0.2) is 10.8 Å². The van der Waals surface area contributed by atoms with Crippen LogP contribution in [0, 0.1) is 12.1 Å². The van der Waals surface area contributed by atoms with Crippen molar-refractivity contribution in [2.75, 3.05) is 0 Å². The highest BCUT2D eigenvalue weighted by atomic mass is 79.9. The predicted octanol–water partition coefficient (Wildman–Crippen LogP) is 1.18. The van der Waals surface area contributed by atoms with Crippen LogP contribution in [-0.4, -0.2) is 9.97 Å². The molecule has 0 fully saturated rings. The van der Waals surface area contributed by atoms with Crippen LogP contribution in [0.2, 0.25) is 0 Å². The molecule has 0 saturated carbocycles. The summed E-state index contributed by atoms with van der Waals surface area (Å²) in [4.78, 5) is 6.68. The zero-order chi connectivity index (χ0) is 5.98. The van der Waals surface area contributed by atoms with Gasteiger partial charge < -0.3 is 0 Å². The van der Waals surface area contributed by atoms with Crippen LogP contribution in [0.1, 0.15) is 0 Å². The highest BCUT2D eigenvalue weighted by Gasteiger charge is 1.90. The minimum absolute atomic E-state index is 0.383. The summed E-state index contributed by atoms with van der Waals surface area (Å²) in [6, 6.07) is 0. The van der Waals surface area contributed by atoms with Gasteiger partial charge in [-0.25, -0.2) is 9.97 Å². The Morgan fingerprint density at radius 3 is 2.88 bits per heavy atom. The molecule has 2 nitrogen and oxygen atoms in total. The lowest BCUT2D eigenvalue weighted by Gasteiger charge is -1.83. The van der Waals surface area contributed by atoms with Crippen LogP contribution in [0.5, 0.6) is 0 Å². The molecule has 1 aromatic heterocycles. The van der Waals surface area contributed by atoms with Crippen molar-refractivity contribution in [2.24, 2.45) is 0 Å². The number of nitrogens with zero attached hydrogens (tertiary/aromatic N) is 2. The van der Waals surface area contributed by atoms with E-state index in [9.17, 15) is 4.39 Å². The number of hydrogen-bond acceptors (Lipinski definition) is 2. The van der Waals surface area contributed by atoms with Gasteiger partial charge in [-0.05, 0) is 15.9 Å². The normalized spacial score (nSPS) is 9.25. The number of rotatable bonds is 0. The molecule has 0 N–H and O–H groups in total. The molecule has 1 rings (SSSR count). The summed E-state index contributed by atoms with van der Waals surface area (Å²) in [6.45, 7) is 0.